The second-order valence-electron chi connectivity index (χ2n) is 5.66. The highest BCUT2D eigenvalue weighted by Gasteiger charge is 2.24. The highest BCUT2D eigenvalue weighted by Crippen LogP contribution is 2.32. The highest BCUT2D eigenvalue weighted by molar-refractivity contribution is 5.82. The lowest BCUT2D eigenvalue weighted by atomic mass is 9.87. The lowest BCUT2D eigenvalue weighted by molar-refractivity contribution is 0.129. The van der Waals surface area contributed by atoms with E-state index in [1.165, 1.54) is 16.7 Å². The molecule has 1 aliphatic heterocycles. The van der Waals surface area contributed by atoms with Crippen molar-refractivity contribution in [2.75, 3.05) is 20.1 Å². The molecule has 0 radical (unpaired) electrons. The number of likely N-dealkylation sites (tertiary alicyclic amines) is 1. The number of nitrogens with zero attached hydrogens (tertiary/aromatic N) is 1. The summed E-state index contributed by atoms with van der Waals surface area (Å²) in [6, 6.07) is 20.8. The van der Waals surface area contributed by atoms with Gasteiger partial charge >= 0.3 is 0 Å². The van der Waals surface area contributed by atoms with Crippen molar-refractivity contribution < 1.29 is 5.11 Å². The van der Waals surface area contributed by atoms with E-state index in [0.717, 1.165) is 18.5 Å². The minimum absolute atomic E-state index is 0.390. The van der Waals surface area contributed by atoms with Gasteiger partial charge in [-0.05, 0) is 35.7 Å². The Kier molecular flexibility index (Phi) is 4.18. The van der Waals surface area contributed by atoms with E-state index in [1.54, 1.807) is 0 Å². The van der Waals surface area contributed by atoms with Crippen molar-refractivity contribution in [1.82, 2.24) is 4.90 Å². The smallest absolute Gasteiger partial charge is 0.0886 e. The summed E-state index contributed by atoms with van der Waals surface area (Å²) in [5.41, 5.74) is 4.71. The van der Waals surface area contributed by atoms with E-state index in [4.69, 9.17) is 0 Å². The van der Waals surface area contributed by atoms with E-state index < -0.39 is 0 Å². The fraction of sp³-hybridized carbons (Fsp3) is 0.263. The third kappa shape index (κ3) is 3.07. The minimum atomic E-state index is -0.390. The van der Waals surface area contributed by atoms with E-state index in [2.05, 4.69) is 60.5 Å². The predicted molar refractivity (Wildman–Crippen MR) is 87.0 cm³/mol. The van der Waals surface area contributed by atoms with Crippen LogP contribution in [0.1, 0.15) is 17.5 Å². The van der Waals surface area contributed by atoms with Gasteiger partial charge in [-0.25, -0.2) is 0 Å². The number of hydrogen-bond acceptors (Lipinski definition) is 2. The maximum Gasteiger partial charge on any atom is 0.0886 e. The van der Waals surface area contributed by atoms with Gasteiger partial charge < -0.3 is 10.0 Å². The molecule has 1 aliphatic rings. The van der Waals surface area contributed by atoms with E-state index >= 15 is 0 Å². The molecule has 0 aliphatic carbocycles. The molecule has 3 rings (SSSR count). The molecule has 1 fully saturated rings. The van der Waals surface area contributed by atoms with E-state index in [0.29, 0.717) is 6.54 Å². The first kappa shape index (κ1) is 14.1. The second-order valence-corrected chi connectivity index (χ2v) is 5.66. The van der Waals surface area contributed by atoms with Gasteiger partial charge in [0.15, 0.2) is 0 Å². The maximum absolute atomic E-state index is 10.5. The third-order valence-electron chi connectivity index (χ3n) is 4.10. The van der Waals surface area contributed by atoms with Crippen molar-refractivity contribution in [3.63, 3.8) is 0 Å². The van der Waals surface area contributed by atoms with Crippen LogP contribution in [0, 0.1) is 0 Å². The van der Waals surface area contributed by atoms with Crippen LogP contribution in [0.2, 0.25) is 0 Å². The molecule has 2 nitrogen and oxygen atoms in total. The van der Waals surface area contributed by atoms with Crippen LogP contribution in [-0.4, -0.2) is 36.2 Å². The van der Waals surface area contributed by atoms with Crippen molar-refractivity contribution in [2.45, 2.75) is 12.5 Å². The van der Waals surface area contributed by atoms with Gasteiger partial charge in [-0.15, -0.1) is 0 Å². The molecule has 0 bridgehead atoms. The van der Waals surface area contributed by atoms with Gasteiger partial charge in [0.1, 0.15) is 0 Å². The molecule has 108 valence electrons. The number of likely N-dealkylation sites (N-methyl/N-ethyl adjacent to an activating group) is 1. The molecule has 1 heterocycles. The summed E-state index contributed by atoms with van der Waals surface area (Å²) in [5.74, 6) is 0. The van der Waals surface area contributed by atoms with Gasteiger partial charge in [0.2, 0.25) is 0 Å². The minimum Gasteiger partial charge on any atom is -0.387 e. The van der Waals surface area contributed by atoms with Crippen LogP contribution >= 0.6 is 0 Å². The van der Waals surface area contributed by atoms with E-state index in [-0.39, 0.29) is 6.10 Å². The average molecular weight is 279 g/mol. The molecular formula is C19H21NO. The molecule has 2 aromatic rings. The number of benzene rings is 2. The molecule has 2 heteroatoms. The van der Waals surface area contributed by atoms with E-state index in [1.807, 2.05) is 12.1 Å². The Balaban J connectivity index is 2.13. The van der Waals surface area contributed by atoms with Crippen molar-refractivity contribution in [2.24, 2.45) is 0 Å². The van der Waals surface area contributed by atoms with Gasteiger partial charge in [-0.3, -0.25) is 0 Å². The summed E-state index contributed by atoms with van der Waals surface area (Å²) in [7, 11) is 2.06. The Morgan fingerprint density at radius 1 is 0.952 bits per heavy atom. The molecule has 21 heavy (non-hydrogen) atoms. The SMILES string of the molecule is CN1CCC(=C(c2ccccc2)c2ccccc2)[C@@H](O)C1. The molecule has 1 atom stereocenters. The van der Waals surface area contributed by atoms with Gasteiger partial charge in [0.05, 0.1) is 6.10 Å². The maximum atomic E-state index is 10.5. The molecule has 0 unspecified atom stereocenters. The summed E-state index contributed by atoms with van der Waals surface area (Å²) in [4.78, 5) is 2.18. The topological polar surface area (TPSA) is 23.5 Å². The molecule has 0 spiro atoms. The lowest BCUT2D eigenvalue weighted by Crippen LogP contribution is -2.37. The Bertz CT molecular complexity index is 577. The summed E-state index contributed by atoms with van der Waals surface area (Å²) in [6.07, 6.45) is 0.524. The predicted octanol–water partition coefficient (Wildman–Crippen LogP) is 3.18. The largest absolute Gasteiger partial charge is 0.387 e. The zero-order valence-corrected chi connectivity index (χ0v) is 12.4. The van der Waals surface area contributed by atoms with Gasteiger partial charge in [-0.1, -0.05) is 60.7 Å². The van der Waals surface area contributed by atoms with Crippen LogP contribution in [0.4, 0.5) is 0 Å². The zero-order chi connectivity index (χ0) is 14.7. The number of hydrogen-bond donors (Lipinski definition) is 1. The van der Waals surface area contributed by atoms with Crippen molar-refractivity contribution in [3.8, 4) is 0 Å². The first-order valence-corrected chi connectivity index (χ1v) is 7.46. The Labute approximate surface area is 126 Å². The first-order valence-electron chi connectivity index (χ1n) is 7.46. The average Bonchev–Trinajstić information content (AvgIpc) is 2.52. The van der Waals surface area contributed by atoms with Crippen molar-refractivity contribution in [3.05, 3.63) is 77.4 Å². The van der Waals surface area contributed by atoms with Gasteiger partial charge in [0.25, 0.3) is 0 Å². The number of aliphatic hydroxyl groups is 1. The summed E-state index contributed by atoms with van der Waals surface area (Å²) in [6.45, 7) is 1.70. The van der Waals surface area contributed by atoms with Crippen molar-refractivity contribution in [1.29, 1.82) is 0 Å². The molecule has 0 amide bonds. The van der Waals surface area contributed by atoms with Crippen LogP contribution in [0.15, 0.2) is 66.2 Å². The Morgan fingerprint density at radius 2 is 1.48 bits per heavy atom. The van der Waals surface area contributed by atoms with Gasteiger partial charge in [-0.2, -0.15) is 0 Å². The van der Waals surface area contributed by atoms with E-state index in [9.17, 15) is 5.11 Å². The monoisotopic (exact) mass is 279 g/mol. The number of aliphatic hydroxyl groups excluding tert-OH is 1. The molecular weight excluding hydrogens is 258 g/mol. The van der Waals surface area contributed by atoms with Crippen LogP contribution in [0.25, 0.3) is 5.57 Å². The molecule has 2 aromatic carbocycles. The van der Waals surface area contributed by atoms with Crippen LogP contribution in [-0.2, 0) is 0 Å². The second kappa shape index (κ2) is 6.25. The fourth-order valence-electron chi connectivity index (χ4n) is 3.01. The molecule has 0 aromatic heterocycles. The zero-order valence-electron chi connectivity index (χ0n) is 12.4. The van der Waals surface area contributed by atoms with Crippen LogP contribution in [0.5, 0.6) is 0 Å². The van der Waals surface area contributed by atoms with Gasteiger partial charge in [0, 0.05) is 13.1 Å². The lowest BCUT2D eigenvalue weighted by Gasteiger charge is -2.31. The number of rotatable bonds is 2. The quantitative estimate of drug-likeness (QED) is 0.912. The summed E-state index contributed by atoms with van der Waals surface area (Å²) < 4.78 is 0. The number of piperidine rings is 1. The van der Waals surface area contributed by atoms with Crippen LogP contribution < -0.4 is 0 Å². The molecule has 1 N–H and O–H groups in total. The summed E-state index contributed by atoms with van der Waals surface area (Å²) >= 11 is 0. The van der Waals surface area contributed by atoms with Crippen LogP contribution in [0.3, 0.4) is 0 Å². The Morgan fingerprint density at radius 3 is 1.95 bits per heavy atom. The first-order chi connectivity index (χ1) is 10.3. The normalized spacial score (nSPS) is 19.5. The highest BCUT2D eigenvalue weighted by atomic mass is 16.3. The molecule has 0 saturated carbocycles. The van der Waals surface area contributed by atoms with Crippen molar-refractivity contribution >= 4 is 5.57 Å². The Hall–Kier alpha value is -1.90. The number of β-amino-alcohol motifs (C(OH)–C–C–N with tert-alkyl or cyclic N) is 1. The summed E-state index contributed by atoms with van der Waals surface area (Å²) in [5, 5.41) is 10.5. The third-order valence-corrected chi connectivity index (χ3v) is 4.10. The standard InChI is InChI=1S/C19H21NO/c1-20-13-12-17(18(21)14-20)19(15-8-4-2-5-9-15)16-10-6-3-7-11-16/h2-11,18,21H,12-14H2,1H3/t18-/m0/s1. The fourth-order valence-corrected chi connectivity index (χ4v) is 3.01. The molecule has 1 saturated heterocycles.